The first-order valence-corrected chi connectivity index (χ1v) is 12.3. The van der Waals surface area contributed by atoms with E-state index in [1.165, 1.54) is 24.3 Å². The molecule has 0 spiro atoms. The number of hydrogen-bond donors (Lipinski definition) is 2. The number of dihydropyridines is 1. The molecule has 2 N–H and O–H groups in total. The van der Waals surface area contributed by atoms with Gasteiger partial charge in [0.25, 0.3) is 0 Å². The van der Waals surface area contributed by atoms with E-state index in [0.29, 0.717) is 41.9 Å². The predicted octanol–water partition coefficient (Wildman–Crippen LogP) is 7.33. The number of ether oxygens (including phenoxy) is 2. The first-order chi connectivity index (χ1) is 18.6. The highest BCUT2D eigenvalue weighted by Gasteiger charge is 2.40. The lowest BCUT2D eigenvalue weighted by Crippen LogP contribution is -2.33. The van der Waals surface area contributed by atoms with Crippen molar-refractivity contribution in [1.82, 2.24) is 5.32 Å². The monoisotopic (exact) mass is 538 g/mol. The maximum Gasteiger partial charge on any atom is 0.573 e. The van der Waals surface area contributed by atoms with Gasteiger partial charge in [-0.05, 0) is 62.6 Å². The summed E-state index contributed by atoms with van der Waals surface area (Å²) in [4.78, 5) is 26.1. The number of ketones is 1. The average molecular weight is 539 g/mol. The molecule has 3 aromatic rings. The van der Waals surface area contributed by atoms with Gasteiger partial charge in [-0.3, -0.25) is 10.1 Å². The van der Waals surface area contributed by atoms with E-state index in [2.05, 4.69) is 15.4 Å². The minimum atomic E-state index is -4.89. The fourth-order valence-electron chi connectivity index (χ4n) is 4.86. The molecule has 1 atom stereocenters. The van der Waals surface area contributed by atoms with E-state index in [-0.39, 0.29) is 28.6 Å². The summed E-state index contributed by atoms with van der Waals surface area (Å²) in [5.41, 5.74) is 3.12. The van der Waals surface area contributed by atoms with Gasteiger partial charge in [0.05, 0.1) is 11.3 Å². The zero-order chi connectivity index (χ0) is 27.7. The fourth-order valence-corrected chi connectivity index (χ4v) is 4.86. The highest BCUT2D eigenvalue weighted by atomic mass is 19.4. The van der Waals surface area contributed by atoms with Crippen LogP contribution in [0.15, 0.2) is 87.8 Å². The lowest BCUT2D eigenvalue weighted by atomic mass is 9.81. The number of Topliss-reactive ketones (excluding diaryl/α,β-unsaturated/α-hetero) is 1. The molecule has 39 heavy (non-hydrogen) atoms. The summed E-state index contributed by atoms with van der Waals surface area (Å²) in [6, 6.07) is 15.9. The van der Waals surface area contributed by atoms with Crippen molar-refractivity contribution in [3.05, 3.63) is 94.7 Å². The molecular weight excluding hydrogens is 513 g/mol. The molecule has 10 heteroatoms. The molecule has 2 aliphatic rings. The van der Waals surface area contributed by atoms with Crippen LogP contribution in [0.1, 0.15) is 43.4 Å². The SMILES string of the molecule is CC1=C(OC(=O)Nc2ccccc2C)C(c2ccc(-c3ccccc3OC(F)(F)F)o2)C2=C(CCCC2=O)N1. The van der Waals surface area contributed by atoms with Crippen LogP contribution in [0.4, 0.5) is 23.7 Å². The number of rotatable bonds is 5. The largest absolute Gasteiger partial charge is 0.573 e. The predicted molar refractivity (Wildman–Crippen MR) is 137 cm³/mol. The van der Waals surface area contributed by atoms with E-state index < -0.39 is 24.1 Å². The number of carbonyl (C=O) groups excluding carboxylic acids is 2. The Morgan fingerprint density at radius 1 is 1.03 bits per heavy atom. The summed E-state index contributed by atoms with van der Waals surface area (Å²) < 4.78 is 55.0. The van der Waals surface area contributed by atoms with E-state index in [4.69, 9.17) is 9.15 Å². The molecule has 0 radical (unpaired) electrons. The van der Waals surface area contributed by atoms with Crippen molar-refractivity contribution >= 4 is 17.6 Å². The van der Waals surface area contributed by atoms with Crippen molar-refractivity contribution < 1.29 is 36.7 Å². The van der Waals surface area contributed by atoms with E-state index >= 15 is 0 Å². The van der Waals surface area contributed by atoms with Gasteiger partial charge in [-0.2, -0.15) is 0 Å². The number of alkyl halides is 3. The number of carbonyl (C=O) groups is 2. The second kappa shape index (κ2) is 10.4. The van der Waals surface area contributed by atoms with Crippen molar-refractivity contribution in [1.29, 1.82) is 0 Å². The van der Waals surface area contributed by atoms with Crippen molar-refractivity contribution in [3.8, 4) is 17.1 Å². The van der Waals surface area contributed by atoms with Crippen molar-refractivity contribution in [3.63, 3.8) is 0 Å². The van der Waals surface area contributed by atoms with E-state index in [1.807, 2.05) is 19.1 Å². The van der Waals surface area contributed by atoms with Crippen LogP contribution in [0, 0.1) is 6.92 Å². The van der Waals surface area contributed by atoms with Gasteiger partial charge in [-0.25, -0.2) is 4.79 Å². The Kier molecular flexibility index (Phi) is 6.94. The second-order valence-corrected chi connectivity index (χ2v) is 9.29. The molecule has 1 amide bonds. The fraction of sp³-hybridized carbons (Fsp3) is 0.241. The van der Waals surface area contributed by atoms with E-state index in [1.54, 1.807) is 31.2 Å². The van der Waals surface area contributed by atoms with Crippen LogP contribution in [-0.2, 0) is 9.53 Å². The van der Waals surface area contributed by atoms with Crippen LogP contribution in [0.3, 0.4) is 0 Å². The normalized spacial score (nSPS) is 17.5. The molecule has 5 rings (SSSR count). The van der Waals surface area contributed by atoms with Crippen molar-refractivity contribution in [2.75, 3.05) is 5.32 Å². The van der Waals surface area contributed by atoms with Gasteiger partial charge in [-0.1, -0.05) is 30.3 Å². The molecule has 1 aliphatic heterocycles. The number of halogens is 3. The molecule has 0 saturated heterocycles. The van der Waals surface area contributed by atoms with Gasteiger partial charge >= 0.3 is 12.5 Å². The zero-order valence-electron chi connectivity index (χ0n) is 21.1. The Bertz CT molecular complexity index is 1500. The first-order valence-electron chi connectivity index (χ1n) is 12.3. The molecule has 0 saturated carbocycles. The summed E-state index contributed by atoms with van der Waals surface area (Å²) in [5, 5.41) is 5.92. The van der Waals surface area contributed by atoms with Gasteiger partial charge < -0.3 is 19.2 Å². The van der Waals surface area contributed by atoms with Crippen molar-refractivity contribution in [2.24, 2.45) is 0 Å². The minimum Gasteiger partial charge on any atom is -0.460 e. The number of allylic oxidation sites excluding steroid dienone is 3. The first kappa shape index (κ1) is 26.1. The number of amides is 1. The zero-order valence-corrected chi connectivity index (χ0v) is 21.1. The third kappa shape index (κ3) is 5.55. The summed E-state index contributed by atoms with van der Waals surface area (Å²) >= 11 is 0. The van der Waals surface area contributed by atoms with Crippen LogP contribution >= 0.6 is 0 Å². The Balaban J connectivity index is 1.52. The van der Waals surface area contributed by atoms with Gasteiger partial charge in [0, 0.05) is 23.4 Å². The maximum absolute atomic E-state index is 13.1. The van der Waals surface area contributed by atoms with Crippen LogP contribution in [0.5, 0.6) is 5.75 Å². The van der Waals surface area contributed by atoms with Crippen LogP contribution in [0.2, 0.25) is 0 Å². The van der Waals surface area contributed by atoms with Crippen LogP contribution < -0.4 is 15.4 Å². The quantitative estimate of drug-likeness (QED) is 0.354. The number of aryl methyl sites for hydroxylation is 1. The molecule has 202 valence electrons. The summed E-state index contributed by atoms with van der Waals surface area (Å²) in [6.07, 6.45) is -4.05. The number of hydrogen-bond acceptors (Lipinski definition) is 6. The number of anilines is 1. The lowest BCUT2D eigenvalue weighted by molar-refractivity contribution is -0.274. The third-order valence-corrected chi connectivity index (χ3v) is 6.59. The molecule has 2 heterocycles. The van der Waals surface area contributed by atoms with Crippen LogP contribution in [0.25, 0.3) is 11.3 Å². The molecule has 1 unspecified atom stereocenters. The molecular formula is C29H25F3N2O5. The van der Waals surface area contributed by atoms with E-state index in [0.717, 1.165) is 5.56 Å². The van der Waals surface area contributed by atoms with Gasteiger partial charge in [0.1, 0.15) is 28.9 Å². The Morgan fingerprint density at radius 2 is 1.77 bits per heavy atom. The highest BCUT2D eigenvalue weighted by Crippen LogP contribution is 2.45. The average Bonchev–Trinajstić information content (AvgIpc) is 3.35. The Labute approximate surface area is 222 Å². The minimum absolute atomic E-state index is 0.0830. The number of nitrogens with one attached hydrogen (secondary N) is 2. The van der Waals surface area contributed by atoms with E-state index in [9.17, 15) is 22.8 Å². The molecule has 7 nitrogen and oxygen atoms in total. The molecule has 2 aromatic carbocycles. The standard InChI is InChI=1S/C29H25F3N2O5/c1-16-8-3-5-10-19(16)34-28(36)38-27-17(2)33-20-11-7-12-21(35)25(20)26(27)24-15-14-22(37-24)18-9-4-6-13-23(18)39-29(30,31)32/h3-6,8-10,13-15,26,33H,7,11-12H2,1-2H3,(H,34,36). The summed E-state index contributed by atoms with van der Waals surface area (Å²) in [6.45, 7) is 3.57. The smallest absolute Gasteiger partial charge is 0.460 e. The second-order valence-electron chi connectivity index (χ2n) is 9.29. The third-order valence-electron chi connectivity index (χ3n) is 6.59. The molecule has 1 aliphatic carbocycles. The molecule has 1 aromatic heterocycles. The molecule has 0 fully saturated rings. The Morgan fingerprint density at radius 3 is 2.54 bits per heavy atom. The number of para-hydroxylation sites is 2. The summed E-state index contributed by atoms with van der Waals surface area (Å²) in [7, 11) is 0. The molecule has 0 bridgehead atoms. The topological polar surface area (TPSA) is 89.8 Å². The van der Waals surface area contributed by atoms with Gasteiger partial charge in [-0.15, -0.1) is 13.2 Å². The van der Waals surface area contributed by atoms with Crippen molar-refractivity contribution in [2.45, 2.75) is 45.4 Å². The maximum atomic E-state index is 13.1. The summed E-state index contributed by atoms with van der Waals surface area (Å²) in [5.74, 6) is -0.910. The van der Waals surface area contributed by atoms with Gasteiger partial charge in [0.15, 0.2) is 5.78 Å². The number of benzene rings is 2. The highest BCUT2D eigenvalue weighted by molar-refractivity contribution is 5.99. The Hall–Kier alpha value is -4.47. The van der Waals surface area contributed by atoms with Gasteiger partial charge in [0.2, 0.25) is 0 Å². The lowest BCUT2D eigenvalue weighted by Gasteiger charge is -2.33. The number of furan rings is 1. The van der Waals surface area contributed by atoms with Crippen LogP contribution in [-0.4, -0.2) is 18.2 Å².